The monoisotopic (exact) mass is 311 g/mol. The number of carbonyl (C=O) groups is 2. The normalized spacial score (nSPS) is 20.0. The summed E-state index contributed by atoms with van der Waals surface area (Å²) in [4.78, 5) is 29.1. The highest BCUT2D eigenvalue weighted by atomic mass is 32.1. The molecule has 7 heteroatoms. The fourth-order valence-electron chi connectivity index (χ4n) is 2.59. The van der Waals surface area contributed by atoms with Gasteiger partial charge in [-0.2, -0.15) is 0 Å². The lowest BCUT2D eigenvalue weighted by molar-refractivity contribution is -0.138. The van der Waals surface area contributed by atoms with Crippen molar-refractivity contribution < 1.29 is 14.7 Å². The Bertz CT molecular complexity index is 478. The predicted molar refractivity (Wildman–Crippen MR) is 80.5 cm³/mol. The number of aliphatic carboxylic acids is 1. The number of thiazole rings is 1. The van der Waals surface area contributed by atoms with Gasteiger partial charge in [-0.05, 0) is 19.3 Å². The summed E-state index contributed by atoms with van der Waals surface area (Å²) < 4.78 is 0. The van der Waals surface area contributed by atoms with E-state index in [-0.39, 0.29) is 24.4 Å². The lowest BCUT2D eigenvalue weighted by Gasteiger charge is -2.35. The van der Waals surface area contributed by atoms with Crippen LogP contribution >= 0.6 is 11.3 Å². The number of carboxylic acid groups (broad SMARTS) is 1. The van der Waals surface area contributed by atoms with Crippen molar-refractivity contribution >= 4 is 23.3 Å². The molecule has 0 radical (unpaired) electrons. The van der Waals surface area contributed by atoms with E-state index in [0.717, 1.165) is 24.3 Å². The van der Waals surface area contributed by atoms with Crippen LogP contribution in [0.2, 0.25) is 0 Å². The molecule has 2 rings (SSSR count). The van der Waals surface area contributed by atoms with Gasteiger partial charge in [0.1, 0.15) is 0 Å². The summed E-state index contributed by atoms with van der Waals surface area (Å²) in [6.45, 7) is 3.17. The van der Waals surface area contributed by atoms with Crippen molar-refractivity contribution in [1.29, 1.82) is 0 Å². The van der Waals surface area contributed by atoms with E-state index in [1.54, 1.807) is 22.4 Å². The van der Waals surface area contributed by atoms with Crippen molar-refractivity contribution in [3.63, 3.8) is 0 Å². The van der Waals surface area contributed by atoms with E-state index in [4.69, 9.17) is 5.11 Å². The maximum Gasteiger partial charge on any atom is 0.317 e. The maximum absolute atomic E-state index is 12.3. The molecular formula is C14H21N3O3S. The average molecular weight is 311 g/mol. The molecule has 1 aromatic rings. The quantitative estimate of drug-likeness (QED) is 0.874. The minimum absolute atomic E-state index is 0.0233. The predicted octanol–water partition coefficient (Wildman–Crippen LogP) is 2.29. The third-order valence-corrected chi connectivity index (χ3v) is 4.74. The van der Waals surface area contributed by atoms with E-state index in [9.17, 15) is 9.59 Å². The Morgan fingerprint density at radius 3 is 3.05 bits per heavy atom. The molecule has 1 aliphatic rings. The van der Waals surface area contributed by atoms with Gasteiger partial charge in [-0.15, -0.1) is 11.3 Å². The molecule has 1 aromatic heterocycles. The van der Waals surface area contributed by atoms with Crippen molar-refractivity contribution in [3.8, 4) is 0 Å². The van der Waals surface area contributed by atoms with Crippen LogP contribution in [0.25, 0.3) is 0 Å². The number of hydrogen-bond acceptors (Lipinski definition) is 4. The summed E-state index contributed by atoms with van der Waals surface area (Å²) in [7, 11) is 0. The second-order valence-corrected chi connectivity index (χ2v) is 6.32. The number of amides is 2. The second kappa shape index (κ2) is 7.40. The van der Waals surface area contributed by atoms with Crippen LogP contribution in [0.5, 0.6) is 0 Å². The van der Waals surface area contributed by atoms with Gasteiger partial charge in [0, 0.05) is 36.6 Å². The van der Waals surface area contributed by atoms with Gasteiger partial charge in [-0.3, -0.25) is 4.79 Å². The van der Waals surface area contributed by atoms with E-state index in [1.807, 2.05) is 12.3 Å². The fraction of sp³-hybridized carbons (Fsp3) is 0.643. The van der Waals surface area contributed by atoms with Gasteiger partial charge >= 0.3 is 12.0 Å². The Morgan fingerprint density at radius 1 is 1.57 bits per heavy atom. The number of aromatic nitrogens is 1. The van der Waals surface area contributed by atoms with Crippen LogP contribution in [0, 0.1) is 0 Å². The number of carbonyl (C=O) groups excluding carboxylic acids is 1. The van der Waals surface area contributed by atoms with E-state index < -0.39 is 5.97 Å². The lowest BCUT2D eigenvalue weighted by atomic mass is 10.00. The first-order chi connectivity index (χ1) is 10.1. The summed E-state index contributed by atoms with van der Waals surface area (Å²) >= 11 is 1.57. The molecule has 6 nitrogen and oxygen atoms in total. The molecule has 1 aliphatic heterocycles. The summed E-state index contributed by atoms with van der Waals surface area (Å²) in [5.41, 5.74) is 0. The zero-order valence-corrected chi connectivity index (χ0v) is 12.9. The molecule has 2 heterocycles. The van der Waals surface area contributed by atoms with Crippen molar-refractivity contribution in [2.45, 2.75) is 44.6 Å². The maximum atomic E-state index is 12.3. The Balaban J connectivity index is 1.87. The summed E-state index contributed by atoms with van der Waals surface area (Å²) in [6.07, 6.45) is 4.46. The summed E-state index contributed by atoms with van der Waals surface area (Å²) in [5, 5.41) is 14.8. The SMILES string of the molecule is CC(CNC(=O)N1CCCCC1CC(=O)O)c1nccs1. The van der Waals surface area contributed by atoms with Crippen LogP contribution in [-0.4, -0.2) is 46.1 Å². The van der Waals surface area contributed by atoms with Crippen molar-refractivity contribution in [2.75, 3.05) is 13.1 Å². The first-order valence-corrected chi connectivity index (χ1v) is 8.11. The molecule has 0 bridgehead atoms. The van der Waals surface area contributed by atoms with Crippen molar-refractivity contribution in [2.24, 2.45) is 0 Å². The number of hydrogen-bond donors (Lipinski definition) is 2. The summed E-state index contributed by atoms with van der Waals surface area (Å²) in [6, 6.07) is -0.351. The average Bonchev–Trinajstić information content (AvgIpc) is 2.98. The molecule has 0 aliphatic carbocycles. The molecule has 2 N–H and O–H groups in total. The topological polar surface area (TPSA) is 82.5 Å². The van der Waals surface area contributed by atoms with Crippen LogP contribution in [0.3, 0.4) is 0 Å². The Morgan fingerprint density at radius 2 is 2.38 bits per heavy atom. The number of nitrogens with one attached hydrogen (secondary N) is 1. The van der Waals surface area contributed by atoms with Gasteiger partial charge in [-0.1, -0.05) is 6.92 Å². The Kier molecular flexibility index (Phi) is 5.55. The molecule has 0 aromatic carbocycles. The number of urea groups is 1. The van der Waals surface area contributed by atoms with Gasteiger partial charge < -0.3 is 15.3 Å². The third kappa shape index (κ3) is 4.42. The molecule has 2 atom stereocenters. The van der Waals surface area contributed by atoms with Crippen molar-refractivity contribution in [1.82, 2.24) is 15.2 Å². The first-order valence-electron chi connectivity index (χ1n) is 7.23. The summed E-state index contributed by atoms with van der Waals surface area (Å²) in [5.74, 6) is -0.687. The fourth-order valence-corrected chi connectivity index (χ4v) is 3.29. The molecule has 2 amide bonds. The van der Waals surface area contributed by atoms with Gasteiger partial charge in [0.2, 0.25) is 0 Å². The zero-order valence-electron chi connectivity index (χ0n) is 12.1. The van der Waals surface area contributed by atoms with E-state index in [0.29, 0.717) is 13.1 Å². The Labute approximate surface area is 128 Å². The molecule has 21 heavy (non-hydrogen) atoms. The minimum atomic E-state index is -0.851. The molecule has 2 unspecified atom stereocenters. The molecule has 116 valence electrons. The van der Waals surface area contributed by atoms with Crippen LogP contribution in [0.15, 0.2) is 11.6 Å². The first kappa shape index (κ1) is 15.8. The van der Waals surface area contributed by atoms with Gasteiger partial charge in [0.15, 0.2) is 0 Å². The van der Waals surface area contributed by atoms with Crippen LogP contribution in [0.4, 0.5) is 4.79 Å². The number of nitrogens with zero attached hydrogens (tertiary/aromatic N) is 2. The van der Waals surface area contributed by atoms with Gasteiger partial charge in [-0.25, -0.2) is 9.78 Å². The molecule has 0 spiro atoms. The van der Waals surface area contributed by atoms with Crippen LogP contribution in [0.1, 0.15) is 43.5 Å². The van der Waals surface area contributed by atoms with Crippen LogP contribution < -0.4 is 5.32 Å². The van der Waals surface area contributed by atoms with Gasteiger partial charge in [0.25, 0.3) is 0 Å². The largest absolute Gasteiger partial charge is 0.481 e. The zero-order chi connectivity index (χ0) is 15.2. The van der Waals surface area contributed by atoms with Gasteiger partial charge in [0.05, 0.1) is 11.4 Å². The van der Waals surface area contributed by atoms with E-state index in [2.05, 4.69) is 10.3 Å². The number of carboxylic acids is 1. The third-order valence-electron chi connectivity index (χ3n) is 3.73. The van der Waals surface area contributed by atoms with Crippen LogP contribution in [-0.2, 0) is 4.79 Å². The highest BCUT2D eigenvalue weighted by molar-refractivity contribution is 7.09. The van der Waals surface area contributed by atoms with E-state index in [1.165, 1.54) is 0 Å². The molecular weight excluding hydrogens is 290 g/mol. The molecule has 1 fully saturated rings. The molecule has 0 saturated carbocycles. The molecule has 1 saturated heterocycles. The van der Waals surface area contributed by atoms with Crippen molar-refractivity contribution in [3.05, 3.63) is 16.6 Å². The lowest BCUT2D eigenvalue weighted by Crippen LogP contribution is -2.49. The smallest absolute Gasteiger partial charge is 0.317 e. The highest BCUT2D eigenvalue weighted by Crippen LogP contribution is 2.20. The highest BCUT2D eigenvalue weighted by Gasteiger charge is 2.28. The number of rotatable bonds is 5. The minimum Gasteiger partial charge on any atom is -0.481 e. The second-order valence-electron chi connectivity index (χ2n) is 5.40. The number of piperidine rings is 1. The number of likely N-dealkylation sites (tertiary alicyclic amines) is 1. The standard InChI is InChI=1S/C14H21N3O3S/c1-10(13-15-5-7-21-13)9-16-14(20)17-6-3-2-4-11(17)8-12(18)19/h5,7,10-11H,2-4,6,8-9H2,1H3,(H,16,20)(H,18,19). The van der Waals surface area contributed by atoms with E-state index >= 15 is 0 Å². The Hall–Kier alpha value is -1.63.